The van der Waals surface area contributed by atoms with Gasteiger partial charge in [-0.25, -0.2) is 4.79 Å². The highest BCUT2D eigenvalue weighted by Gasteiger charge is 2.53. The number of rotatable bonds is 1. The summed E-state index contributed by atoms with van der Waals surface area (Å²) in [5.41, 5.74) is 1.09. The second-order valence-corrected chi connectivity index (χ2v) is 10.8. The van der Waals surface area contributed by atoms with Crippen LogP contribution in [0.4, 0.5) is 4.79 Å². The summed E-state index contributed by atoms with van der Waals surface area (Å²) in [5.74, 6) is -0.602. The number of likely N-dealkylation sites (tertiary alicyclic amines) is 1. The van der Waals surface area contributed by atoms with E-state index in [1.807, 2.05) is 32.9 Å². The Balaban J connectivity index is 1.47. The lowest BCUT2D eigenvalue weighted by molar-refractivity contribution is -0.144. The zero-order chi connectivity index (χ0) is 24.3. The van der Waals surface area contributed by atoms with Crippen LogP contribution in [0.5, 0.6) is 5.75 Å². The summed E-state index contributed by atoms with van der Waals surface area (Å²) in [6.07, 6.45) is 2.01. The Bertz CT molecular complexity index is 1070. The van der Waals surface area contributed by atoms with Crippen molar-refractivity contribution in [2.75, 3.05) is 13.1 Å². The molecule has 2 atom stereocenters. The van der Waals surface area contributed by atoms with Gasteiger partial charge in [0, 0.05) is 50.7 Å². The average molecular weight is 470 g/mol. The summed E-state index contributed by atoms with van der Waals surface area (Å²) in [6, 6.07) is 3.93. The van der Waals surface area contributed by atoms with Crippen LogP contribution >= 0.6 is 0 Å². The Morgan fingerprint density at radius 2 is 1.85 bits per heavy atom. The molecule has 2 unspecified atom stereocenters. The van der Waals surface area contributed by atoms with Crippen molar-refractivity contribution in [3.63, 3.8) is 0 Å². The van der Waals surface area contributed by atoms with Crippen molar-refractivity contribution < 1.29 is 28.7 Å². The number of carbonyl (C=O) groups is 4. The third-order valence-corrected chi connectivity index (χ3v) is 7.44. The summed E-state index contributed by atoms with van der Waals surface area (Å²) in [6.45, 7) is 6.83. The number of piperidine rings is 2. The van der Waals surface area contributed by atoms with Crippen LogP contribution in [0.15, 0.2) is 12.1 Å². The Morgan fingerprint density at radius 1 is 1.15 bits per heavy atom. The number of benzene rings is 1. The van der Waals surface area contributed by atoms with Gasteiger partial charge >= 0.3 is 6.09 Å². The summed E-state index contributed by atoms with van der Waals surface area (Å²) >= 11 is 0. The summed E-state index contributed by atoms with van der Waals surface area (Å²) in [5, 5.41) is 5.36. The van der Waals surface area contributed by atoms with E-state index in [1.54, 1.807) is 4.90 Å². The highest BCUT2D eigenvalue weighted by Crippen LogP contribution is 2.49. The van der Waals surface area contributed by atoms with E-state index in [0.29, 0.717) is 63.1 Å². The van der Waals surface area contributed by atoms with Crippen LogP contribution in [-0.2, 0) is 27.3 Å². The summed E-state index contributed by atoms with van der Waals surface area (Å²) < 4.78 is 12.3. The zero-order valence-electron chi connectivity index (χ0n) is 19.9. The fraction of sp³-hybridized carbons (Fsp3) is 0.600. The molecular formula is C25H31N3O6. The van der Waals surface area contributed by atoms with Crippen LogP contribution in [0.2, 0.25) is 0 Å². The Hall–Kier alpha value is -3.10. The molecule has 34 heavy (non-hydrogen) atoms. The van der Waals surface area contributed by atoms with E-state index < -0.39 is 11.2 Å². The van der Waals surface area contributed by atoms with Gasteiger partial charge in [-0.05, 0) is 44.7 Å². The molecule has 182 valence electrons. The molecule has 5 rings (SSSR count). The van der Waals surface area contributed by atoms with E-state index in [1.165, 1.54) is 0 Å². The third-order valence-electron chi connectivity index (χ3n) is 7.44. The molecule has 2 N–H and O–H groups in total. The molecule has 1 aromatic carbocycles. The van der Waals surface area contributed by atoms with Crippen LogP contribution in [0, 0.1) is 11.8 Å². The molecule has 0 aromatic heterocycles. The van der Waals surface area contributed by atoms with Gasteiger partial charge < -0.3 is 19.7 Å². The van der Waals surface area contributed by atoms with Crippen molar-refractivity contribution >= 4 is 23.8 Å². The number of nitrogens with zero attached hydrogens (tertiary/aromatic N) is 1. The maximum absolute atomic E-state index is 12.9. The number of nitrogens with one attached hydrogen (secondary N) is 2. The maximum Gasteiger partial charge on any atom is 0.410 e. The second-order valence-electron chi connectivity index (χ2n) is 10.8. The van der Waals surface area contributed by atoms with E-state index in [-0.39, 0.29) is 35.7 Å². The minimum Gasteiger partial charge on any atom is -0.486 e. The van der Waals surface area contributed by atoms with Crippen molar-refractivity contribution in [2.24, 2.45) is 11.8 Å². The van der Waals surface area contributed by atoms with Gasteiger partial charge in [0.2, 0.25) is 11.8 Å². The highest BCUT2D eigenvalue weighted by atomic mass is 16.6. The fourth-order valence-corrected chi connectivity index (χ4v) is 5.78. The third kappa shape index (κ3) is 3.91. The zero-order valence-corrected chi connectivity index (χ0v) is 19.9. The molecule has 0 radical (unpaired) electrons. The molecular weight excluding hydrogens is 438 g/mol. The van der Waals surface area contributed by atoms with Gasteiger partial charge in [-0.2, -0.15) is 0 Å². The topological polar surface area (TPSA) is 114 Å². The maximum atomic E-state index is 12.9. The molecule has 2 fully saturated rings. The molecule has 4 aliphatic rings. The number of ether oxygens (including phenoxy) is 2. The van der Waals surface area contributed by atoms with Crippen molar-refractivity contribution in [1.29, 1.82) is 0 Å². The molecule has 1 aromatic rings. The first kappa shape index (κ1) is 22.7. The highest BCUT2D eigenvalue weighted by molar-refractivity contribution is 6.01. The molecule has 1 spiro atoms. The SMILES string of the molecule is CC(C)(C)OC(=O)N1CCC2(CC1)Oc1c(ccc3c1C(=O)NC3)CC2C1CCC(=O)NC1=O. The minimum atomic E-state index is -0.716. The predicted molar refractivity (Wildman–Crippen MR) is 121 cm³/mol. The van der Waals surface area contributed by atoms with Gasteiger partial charge in [-0.15, -0.1) is 0 Å². The van der Waals surface area contributed by atoms with E-state index in [4.69, 9.17) is 9.47 Å². The molecule has 4 heterocycles. The predicted octanol–water partition coefficient (Wildman–Crippen LogP) is 2.30. The standard InChI is InChI=1S/C25H31N3O6/c1-24(2,3)34-23(32)28-10-8-25(9-11-28)17(16-6-7-18(29)27-21(16)30)12-14-4-5-15-13-26-22(31)19(15)20(14)33-25/h4-5,16-17H,6-13H2,1-3H3,(H,26,31)(H,27,29,30). The van der Waals surface area contributed by atoms with Crippen LogP contribution in [0.3, 0.4) is 0 Å². The van der Waals surface area contributed by atoms with E-state index in [0.717, 1.165) is 11.1 Å². The van der Waals surface area contributed by atoms with Gasteiger partial charge in [0.15, 0.2) is 0 Å². The molecule has 0 aliphatic carbocycles. The van der Waals surface area contributed by atoms with E-state index in [2.05, 4.69) is 10.6 Å². The smallest absolute Gasteiger partial charge is 0.410 e. The molecule has 0 bridgehead atoms. The van der Waals surface area contributed by atoms with Crippen molar-refractivity contribution in [3.05, 3.63) is 28.8 Å². The van der Waals surface area contributed by atoms with Crippen molar-refractivity contribution in [3.8, 4) is 5.75 Å². The Labute approximate surface area is 198 Å². The molecule has 4 amide bonds. The molecule has 9 heteroatoms. The van der Waals surface area contributed by atoms with Crippen LogP contribution in [-0.4, -0.2) is 53.0 Å². The molecule has 9 nitrogen and oxygen atoms in total. The van der Waals surface area contributed by atoms with E-state index in [9.17, 15) is 19.2 Å². The number of fused-ring (bicyclic) bond motifs is 3. The van der Waals surface area contributed by atoms with Crippen molar-refractivity contribution in [2.45, 2.75) is 70.6 Å². The molecule has 4 aliphatic heterocycles. The lowest BCUT2D eigenvalue weighted by atomic mass is 9.66. The summed E-state index contributed by atoms with van der Waals surface area (Å²) in [7, 11) is 0. The quantitative estimate of drug-likeness (QED) is 0.610. The van der Waals surface area contributed by atoms with Crippen LogP contribution in [0.1, 0.15) is 67.9 Å². The van der Waals surface area contributed by atoms with Gasteiger partial charge in [0.1, 0.15) is 17.0 Å². The average Bonchev–Trinajstić information content (AvgIpc) is 3.14. The van der Waals surface area contributed by atoms with Gasteiger partial charge in [0.05, 0.1) is 5.56 Å². The number of hydrogen-bond acceptors (Lipinski definition) is 6. The van der Waals surface area contributed by atoms with Gasteiger partial charge in [-0.3, -0.25) is 19.7 Å². The first-order valence-corrected chi connectivity index (χ1v) is 12.0. The second kappa shape index (κ2) is 7.99. The number of carbonyl (C=O) groups excluding carboxylic acids is 4. The first-order valence-electron chi connectivity index (χ1n) is 12.0. The number of hydrogen-bond donors (Lipinski definition) is 2. The minimum absolute atomic E-state index is 0.146. The lowest BCUT2D eigenvalue weighted by Gasteiger charge is -2.51. The normalized spacial score (nSPS) is 25.7. The Kier molecular flexibility index (Phi) is 5.33. The fourth-order valence-electron chi connectivity index (χ4n) is 5.78. The lowest BCUT2D eigenvalue weighted by Crippen LogP contribution is -2.60. The first-order chi connectivity index (χ1) is 16.1. The van der Waals surface area contributed by atoms with Gasteiger partial charge in [-0.1, -0.05) is 12.1 Å². The number of amides is 4. The van der Waals surface area contributed by atoms with Crippen LogP contribution < -0.4 is 15.4 Å². The Morgan fingerprint density at radius 3 is 2.53 bits per heavy atom. The van der Waals surface area contributed by atoms with E-state index >= 15 is 0 Å². The molecule has 0 saturated carbocycles. The number of imide groups is 1. The van der Waals surface area contributed by atoms with Crippen molar-refractivity contribution in [1.82, 2.24) is 15.5 Å². The largest absolute Gasteiger partial charge is 0.486 e. The monoisotopic (exact) mass is 469 g/mol. The van der Waals surface area contributed by atoms with Gasteiger partial charge in [0.25, 0.3) is 5.91 Å². The molecule has 2 saturated heterocycles. The van der Waals surface area contributed by atoms with Crippen LogP contribution in [0.25, 0.3) is 0 Å². The summed E-state index contributed by atoms with van der Waals surface area (Å²) in [4.78, 5) is 51.6.